The number of Topliss-reactive ketones (excluding diaryl/α,β-unsaturated/α-hetero) is 1. The molecule has 2 aromatic rings. The van der Waals surface area contributed by atoms with Gasteiger partial charge in [-0.1, -0.05) is 54.6 Å². The molecule has 1 aliphatic carbocycles. The van der Waals surface area contributed by atoms with Crippen molar-refractivity contribution in [3.8, 4) is 0 Å². The van der Waals surface area contributed by atoms with Gasteiger partial charge in [0.1, 0.15) is 12.1 Å². The Morgan fingerprint density at radius 3 is 2.55 bits per heavy atom. The summed E-state index contributed by atoms with van der Waals surface area (Å²) in [6.45, 7) is 0.989. The van der Waals surface area contributed by atoms with Crippen molar-refractivity contribution in [1.82, 2.24) is 15.5 Å². The normalized spacial score (nSPS) is 20.9. The average molecular weight is 419 g/mol. The van der Waals surface area contributed by atoms with E-state index < -0.39 is 36.0 Å². The molecule has 0 bridgehead atoms. The van der Waals surface area contributed by atoms with E-state index in [2.05, 4.69) is 10.6 Å². The predicted octanol–water partition coefficient (Wildman–Crippen LogP) is 2.09. The van der Waals surface area contributed by atoms with Gasteiger partial charge >= 0.3 is 6.03 Å². The summed E-state index contributed by atoms with van der Waals surface area (Å²) in [6.07, 6.45) is 2.46. The fourth-order valence-electron chi connectivity index (χ4n) is 4.48. The Morgan fingerprint density at radius 1 is 1.10 bits per heavy atom. The Balaban J connectivity index is 1.48. The van der Waals surface area contributed by atoms with Crippen molar-refractivity contribution in [1.29, 1.82) is 0 Å². The number of amides is 4. The zero-order valence-corrected chi connectivity index (χ0v) is 17.4. The molecule has 1 saturated heterocycles. The van der Waals surface area contributed by atoms with Crippen molar-refractivity contribution < 1.29 is 19.2 Å². The Labute approximate surface area is 180 Å². The molecule has 2 unspecified atom stereocenters. The van der Waals surface area contributed by atoms with Gasteiger partial charge in [0.15, 0.2) is 5.78 Å². The van der Waals surface area contributed by atoms with Gasteiger partial charge in [-0.15, -0.1) is 0 Å². The van der Waals surface area contributed by atoms with Gasteiger partial charge in [-0.05, 0) is 49.3 Å². The number of benzene rings is 2. The number of aryl methyl sites for hydroxylation is 1. The topological polar surface area (TPSA) is 95.6 Å². The van der Waals surface area contributed by atoms with E-state index in [4.69, 9.17) is 0 Å². The molecule has 160 valence electrons. The number of ketones is 1. The van der Waals surface area contributed by atoms with Crippen LogP contribution in [0.25, 0.3) is 0 Å². The van der Waals surface area contributed by atoms with Crippen LogP contribution in [0, 0.1) is 0 Å². The van der Waals surface area contributed by atoms with Crippen LogP contribution in [0.15, 0.2) is 54.6 Å². The standard InChI is InChI=1S/C24H25N3O4/c1-16(28)20(14-17-8-3-2-4-9-17)25-21(29)15-27-22(30)24(26-23(27)31)13-7-11-18-10-5-6-12-19(18)24/h2-6,8-10,12,20H,7,11,13-15H2,1H3,(H,25,29)(H,26,31). The third-order valence-electron chi connectivity index (χ3n) is 6.06. The molecule has 7 heteroatoms. The zero-order valence-electron chi connectivity index (χ0n) is 17.4. The molecule has 31 heavy (non-hydrogen) atoms. The Hall–Kier alpha value is -3.48. The number of fused-ring (bicyclic) bond motifs is 2. The lowest BCUT2D eigenvalue weighted by atomic mass is 9.76. The minimum Gasteiger partial charge on any atom is -0.344 e. The summed E-state index contributed by atoms with van der Waals surface area (Å²) in [5, 5.41) is 5.52. The molecule has 4 amide bonds. The molecule has 1 heterocycles. The fourth-order valence-corrected chi connectivity index (χ4v) is 4.48. The molecule has 1 aliphatic heterocycles. The monoisotopic (exact) mass is 419 g/mol. The van der Waals surface area contributed by atoms with Gasteiger partial charge in [-0.25, -0.2) is 4.79 Å². The van der Waals surface area contributed by atoms with Crippen molar-refractivity contribution in [2.75, 3.05) is 6.54 Å². The van der Waals surface area contributed by atoms with Gasteiger partial charge in [0.05, 0.1) is 6.04 Å². The number of carbonyl (C=O) groups excluding carboxylic acids is 4. The quantitative estimate of drug-likeness (QED) is 0.701. The van der Waals surface area contributed by atoms with E-state index in [9.17, 15) is 19.2 Å². The van der Waals surface area contributed by atoms with E-state index in [1.54, 1.807) is 0 Å². The SMILES string of the molecule is CC(=O)C(Cc1ccccc1)NC(=O)CN1C(=O)NC2(CCCc3ccccc32)C1=O. The van der Waals surface area contributed by atoms with E-state index >= 15 is 0 Å². The molecule has 0 aromatic heterocycles. The third kappa shape index (κ3) is 3.95. The highest BCUT2D eigenvalue weighted by molar-refractivity contribution is 6.09. The number of rotatable bonds is 6. The number of urea groups is 1. The van der Waals surface area contributed by atoms with Gasteiger partial charge in [0.25, 0.3) is 5.91 Å². The maximum atomic E-state index is 13.3. The van der Waals surface area contributed by atoms with Crippen LogP contribution in [0.5, 0.6) is 0 Å². The molecule has 1 spiro atoms. The highest BCUT2D eigenvalue weighted by Gasteiger charge is 2.54. The van der Waals surface area contributed by atoms with Crippen LogP contribution in [0.1, 0.15) is 36.5 Å². The number of hydrogen-bond acceptors (Lipinski definition) is 4. The van der Waals surface area contributed by atoms with Crippen LogP contribution in [-0.2, 0) is 32.8 Å². The van der Waals surface area contributed by atoms with Crippen LogP contribution in [0.4, 0.5) is 4.79 Å². The summed E-state index contributed by atoms with van der Waals surface area (Å²) in [5.41, 5.74) is 1.63. The van der Waals surface area contributed by atoms with E-state index in [0.717, 1.165) is 34.4 Å². The van der Waals surface area contributed by atoms with Crippen molar-refractivity contribution in [2.24, 2.45) is 0 Å². The van der Waals surface area contributed by atoms with Gasteiger partial charge in [-0.2, -0.15) is 0 Å². The number of nitrogens with one attached hydrogen (secondary N) is 2. The van der Waals surface area contributed by atoms with Crippen molar-refractivity contribution >= 4 is 23.6 Å². The second-order valence-electron chi connectivity index (χ2n) is 8.16. The molecular weight excluding hydrogens is 394 g/mol. The molecule has 4 rings (SSSR count). The third-order valence-corrected chi connectivity index (χ3v) is 6.06. The summed E-state index contributed by atoms with van der Waals surface area (Å²) in [5.74, 6) is -1.14. The summed E-state index contributed by atoms with van der Waals surface area (Å²) >= 11 is 0. The molecule has 2 atom stereocenters. The molecule has 7 nitrogen and oxygen atoms in total. The highest BCUT2D eigenvalue weighted by atomic mass is 16.2. The number of hydrogen-bond donors (Lipinski definition) is 2. The van der Waals surface area contributed by atoms with Crippen molar-refractivity contribution in [2.45, 2.75) is 44.2 Å². The molecule has 2 aliphatic rings. The van der Waals surface area contributed by atoms with Crippen LogP contribution in [0.3, 0.4) is 0 Å². The smallest absolute Gasteiger partial charge is 0.325 e. The first-order chi connectivity index (χ1) is 14.9. The highest BCUT2D eigenvalue weighted by Crippen LogP contribution is 2.39. The van der Waals surface area contributed by atoms with Crippen LogP contribution >= 0.6 is 0 Å². The maximum absolute atomic E-state index is 13.3. The predicted molar refractivity (Wildman–Crippen MR) is 114 cm³/mol. The number of nitrogens with zero attached hydrogens (tertiary/aromatic N) is 1. The maximum Gasteiger partial charge on any atom is 0.325 e. The summed E-state index contributed by atoms with van der Waals surface area (Å²) < 4.78 is 0. The molecule has 0 radical (unpaired) electrons. The van der Waals surface area contributed by atoms with Crippen molar-refractivity contribution in [3.63, 3.8) is 0 Å². The van der Waals surface area contributed by atoms with Gasteiger partial charge < -0.3 is 10.6 Å². The zero-order chi connectivity index (χ0) is 22.0. The van der Waals surface area contributed by atoms with Gasteiger partial charge in [0, 0.05) is 0 Å². The molecular formula is C24H25N3O4. The Morgan fingerprint density at radius 2 is 1.81 bits per heavy atom. The second kappa shape index (κ2) is 8.34. The molecule has 2 N–H and O–H groups in total. The Kier molecular flexibility index (Phi) is 5.59. The van der Waals surface area contributed by atoms with Gasteiger partial charge in [-0.3, -0.25) is 19.3 Å². The molecule has 1 fully saturated rings. The lowest BCUT2D eigenvalue weighted by Crippen LogP contribution is -2.49. The minimum atomic E-state index is -1.11. The van der Waals surface area contributed by atoms with Crippen molar-refractivity contribution in [3.05, 3.63) is 71.3 Å². The lowest BCUT2D eigenvalue weighted by molar-refractivity contribution is -0.136. The lowest BCUT2D eigenvalue weighted by Gasteiger charge is -2.33. The Bertz CT molecular complexity index is 1040. The molecule has 2 aromatic carbocycles. The minimum absolute atomic E-state index is 0.188. The first kappa shape index (κ1) is 20.8. The average Bonchev–Trinajstić information content (AvgIpc) is 2.99. The summed E-state index contributed by atoms with van der Waals surface area (Å²) in [6, 6.07) is 15.6. The van der Waals surface area contributed by atoms with Crippen LogP contribution in [0.2, 0.25) is 0 Å². The first-order valence-corrected chi connectivity index (χ1v) is 10.5. The van der Waals surface area contributed by atoms with E-state index in [0.29, 0.717) is 12.8 Å². The van der Waals surface area contributed by atoms with Crippen LogP contribution < -0.4 is 10.6 Å². The first-order valence-electron chi connectivity index (χ1n) is 10.5. The van der Waals surface area contributed by atoms with E-state index in [-0.39, 0.29) is 5.78 Å². The second-order valence-corrected chi connectivity index (χ2v) is 8.16. The largest absolute Gasteiger partial charge is 0.344 e. The molecule has 0 saturated carbocycles. The summed E-state index contributed by atoms with van der Waals surface area (Å²) in [4.78, 5) is 51.6. The summed E-state index contributed by atoms with van der Waals surface area (Å²) in [7, 11) is 0. The number of imide groups is 1. The number of carbonyl (C=O) groups is 4. The van der Waals surface area contributed by atoms with E-state index in [1.165, 1.54) is 6.92 Å². The fraction of sp³-hybridized carbons (Fsp3) is 0.333. The van der Waals surface area contributed by atoms with E-state index in [1.807, 2.05) is 54.6 Å². The van der Waals surface area contributed by atoms with Gasteiger partial charge in [0.2, 0.25) is 5.91 Å². The van der Waals surface area contributed by atoms with Crippen LogP contribution in [-0.4, -0.2) is 41.1 Å².